The van der Waals surface area contributed by atoms with Crippen molar-refractivity contribution in [3.63, 3.8) is 0 Å². The van der Waals surface area contributed by atoms with E-state index in [1.54, 1.807) is 0 Å². The van der Waals surface area contributed by atoms with Gasteiger partial charge in [-0.3, -0.25) is 9.79 Å². The predicted molar refractivity (Wildman–Crippen MR) is 46.7 cm³/mol. The second-order valence-corrected chi connectivity index (χ2v) is 2.81. The summed E-state index contributed by atoms with van der Waals surface area (Å²) in [6, 6.07) is 0. The van der Waals surface area contributed by atoms with Gasteiger partial charge in [-0.05, 0) is 12.2 Å². The number of rotatable bonds is 2. The lowest BCUT2D eigenvalue weighted by atomic mass is 9.97. The van der Waals surface area contributed by atoms with Crippen LogP contribution in [0.1, 0.15) is 6.92 Å². The van der Waals surface area contributed by atoms with E-state index in [1.165, 1.54) is 25.3 Å². The fourth-order valence-electron chi connectivity index (χ4n) is 1.11. The Morgan fingerprint density at radius 1 is 1.62 bits per heavy atom. The maximum atomic E-state index is 10.9. The molecule has 1 amide bonds. The van der Waals surface area contributed by atoms with Crippen LogP contribution < -0.4 is 5.32 Å². The van der Waals surface area contributed by atoms with Crippen molar-refractivity contribution >= 4 is 18.1 Å². The molecule has 0 aromatic carbocycles. The molecule has 0 aromatic rings. The first kappa shape index (κ1) is 9.44. The van der Waals surface area contributed by atoms with E-state index in [-0.39, 0.29) is 12.5 Å². The molecule has 0 aliphatic carbocycles. The van der Waals surface area contributed by atoms with Gasteiger partial charge in [-0.15, -0.1) is 0 Å². The smallest absolute Gasteiger partial charge is 0.335 e. The van der Waals surface area contributed by atoms with Crippen molar-refractivity contribution in [3.05, 3.63) is 12.2 Å². The van der Waals surface area contributed by atoms with Crippen LogP contribution in [0.5, 0.6) is 0 Å². The van der Waals surface area contributed by atoms with Gasteiger partial charge in [-0.2, -0.15) is 0 Å². The van der Waals surface area contributed by atoms with Gasteiger partial charge in [0, 0.05) is 13.1 Å². The Morgan fingerprint density at radius 2 is 2.31 bits per heavy atom. The van der Waals surface area contributed by atoms with E-state index in [9.17, 15) is 9.59 Å². The van der Waals surface area contributed by atoms with Gasteiger partial charge in [0.2, 0.25) is 5.91 Å². The summed E-state index contributed by atoms with van der Waals surface area (Å²) in [4.78, 5) is 25.4. The first-order chi connectivity index (χ1) is 6.07. The van der Waals surface area contributed by atoms with Crippen LogP contribution >= 0.6 is 0 Å². The minimum absolute atomic E-state index is 0.0401. The molecule has 0 saturated heterocycles. The average Bonchev–Trinajstić information content (AvgIpc) is 2.04. The van der Waals surface area contributed by atoms with Crippen LogP contribution in [0.2, 0.25) is 0 Å². The third kappa shape index (κ3) is 1.93. The van der Waals surface area contributed by atoms with Gasteiger partial charge in [-0.25, -0.2) is 4.79 Å². The molecule has 1 rings (SSSR count). The zero-order chi connectivity index (χ0) is 9.90. The quantitative estimate of drug-likeness (QED) is 0.609. The average molecular weight is 182 g/mol. The van der Waals surface area contributed by atoms with Crippen molar-refractivity contribution in [2.45, 2.75) is 12.5 Å². The first-order valence-corrected chi connectivity index (χ1v) is 3.77. The van der Waals surface area contributed by atoms with Crippen LogP contribution in [0.25, 0.3) is 0 Å². The summed E-state index contributed by atoms with van der Waals surface area (Å²) in [7, 11) is 0. The Morgan fingerprint density at radius 3 is 2.69 bits per heavy atom. The van der Waals surface area contributed by atoms with Gasteiger partial charge >= 0.3 is 5.97 Å². The number of hydrogen-bond donors (Lipinski definition) is 2. The number of nitrogens with zero attached hydrogens (tertiary/aromatic N) is 1. The van der Waals surface area contributed by atoms with Gasteiger partial charge in [-0.1, -0.05) is 0 Å². The van der Waals surface area contributed by atoms with Crippen LogP contribution in [0.3, 0.4) is 0 Å². The number of hydrogen-bond acceptors (Lipinski definition) is 3. The third-order valence-electron chi connectivity index (χ3n) is 1.69. The van der Waals surface area contributed by atoms with E-state index >= 15 is 0 Å². The zero-order valence-corrected chi connectivity index (χ0v) is 7.15. The molecule has 13 heavy (non-hydrogen) atoms. The van der Waals surface area contributed by atoms with Crippen molar-refractivity contribution < 1.29 is 14.7 Å². The second-order valence-electron chi connectivity index (χ2n) is 2.81. The van der Waals surface area contributed by atoms with E-state index in [1.807, 2.05) is 0 Å². The number of amides is 1. The number of carboxylic acid groups (broad SMARTS) is 1. The summed E-state index contributed by atoms with van der Waals surface area (Å²) in [6.07, 6.45) is 4.43. The summed E-state index contributed by atoms with van der Waals surface area (Å²) in [5.41, 5.74) is -1.36. The van der Waals surface area contributed by atoms with Crippen molar-refractivity contribution in [3.8, 4) is 0 Å². The molecule has 5 nitrogen and oxygen atoms in total. The number of allylic oxidation sites excluding steroid dienone is 1. The Labute approximate surface area is 75.2 Å². The van der Waals surface area contributed by atoms with Crippen LogP contribution in [-0.4, -0.2) is 35.3 Å². The minimum atomic E-state index is -1.36. The van der Waals surface area contributed by atoms with Crippen molar-refractivity contribution in [1.82, 2.24) is 5.32 Å². The number of carboxylic acids is 1. The predicted octanol–water partition coefficient (Wildman–Crippen LogP) is -0.413. The normalized spacial score (nSPS) is 25.6. The number of aliphatic carboxylic acids is 1. The summed E-state index contributed by atoms with van der Waals surface area (Å²) < 4.78 is 0. The maximum absolute atomic E-state index is 10.9. The summed E-state index contributed by atoms with van der Waals surface area (Å²) in [6.45, 7) is 1.31. The number of carbonyl (C=O) groups is 2. The molecule has 0 bridgehead atoms. The fourth-order valence-corrected chi connectivity index (χ4v) is 1.11. The van der Waals surface area contributed by atoms with E-state index in [0.29, 0.717) is 0 Å². The molecular formula is C8H10N2O3. The molecule has 0 spiro atoms. The van der Waals surface area contributed by atoms with Crippen LogP contribution in [0, 0.1) is 0 Å². The summed E-state index contributed by atoms with van der Waals surface area (Å²) in [5, 5.41) is 11.3. The first-order valence-electron chi connectivity index (χ1n) is 3.77. The van der Waals surface area contributed by atoms with Crippen LogP contribution in [0.4, 0.5) is 0 Å². The van der Waals surface area contributed by atoms with Crippen LogP contribution in [-0.2, 0) is 9.59 Å². The fraction of sp³-hybridized carbons (Fsp3) is 0.375. The van der Waals surface area contributed by atoms with Crippen molar-refractivity contribution in [1.29, 1.82) is 0 Å². The molecule has 0 fully saturated rings. The van der Waals surface area contributed by atoms with Crippen LogP contribution in [0.15, 0.2) is 17.1 Å². The summed E-state index contributed by atoms with van der Waals surface area (Å²) >= 11 is 0. The SMILES string of the molecule is CC(=O)NC1(C(=O)O)C=CC=NC1. The molecule has 0 saturated carbocycles. The van der Waals surface area contributed by atoms with Gasteiger partial charge in [0.05, 0.1) is 6.54 Å². The highest BCUT2D eigenvalue weighted by atomic mass is 16.4. The number of aliphatic imine (C=N–C) groups is 1. The molecule has 1 aliphatic heterocycles. The minimum Gasteiger partial charge on any atom is -0.479 e. The number of nitrogens with one attached hydrogen (secondary N) is 1. The monoisotopic (exact) mass is 182 g/mol. The second kappa shape index (κ2) is 3.38. The lowest BCUT2D eigenvalue weighted by molar-refractivity contribution is -0.144. The molecule has 0 aromatic heterocycles. The Bertz CT molecular complexity index is 296. The molecule has 2 N–H and O–H groups in total. The molecule has 1 heterocycles. The summed E-state index contributed by atoms with van der Waals surface area (Å²) in [5.74, 6) is -1.49. The lowest BCUT2D eigenvalue weighted by Gasteiger charge is -2.26. The number of carbonyl (C=O) groups excluding carboxylic acids is 1. The highest BCUT2D eigenvalue weighted by molar-refractivity contribution is 5.91. The molecular weight excluding hydrogens is 172 g/mol. The molecule has 70 valence electrons. The highest BCUT2D eigenvalue weighted by Gasteiger charge is 2.37. The van der Waals surface area contributed by atoms with E-state index in [4.69, 9.17) is 5.11 Å². The highest BCUT2D eigenvalue weighted by Crippen LogP contribution is 2.11. The third-order valence-corrected chi connectivity index (χ3v) is 1.69. The Hall–Kier alpha value is -1.65. The Balaban J connectivity index is 2.88. The standard InChI is InChI=1S/C8H10N2O3/c1-6(11)10-8(7(12)13)3-2-4-9-5-8/h2-4H,5H2,1H3,(H,10,11)(H,12,13). The van der Waals surface area contributed by atoms with Gasteiger partial charge < -0.3 is 10.4 Å². The van der Waals surface area contributed by atoms with Gasteiger partial charge in [0.25, 0.3) is 0 Å². The number of dihydropyridines is 1. The topological polar surface area (TPSA) is 78.8 Å². The van der Waals surface area contributed by atoms with Crippen molar-refractivity contribution in [2.75, 3.05) is 6.54 Å². The largest absolute Gasteiger partial charge is 0.479 e. The van der Waals surface area contributed by atoms with Gasteiger partial charge in [0.1, 0.15) is 0 Å². The van der Waals surface area contributed by atoms with E-state index < -0.39 is 11.5 Å². The van der Waals surface area contributed by atoms with E-state index in [0.717, 1.165) is 0 Å². The van der Waals surface area contributed by atoms with E-state index in [2.05, 4.69) is 10.3 Å². The lowest BCUT2D eigenvalue weighted by Crippen LogP contribution is -2.55. The van der Waals surface area contributed by atoms with Crippen molar-refractivity contribution in [2.24, 2.45) is 4.99 Å². The zero-order valence-electron chi connectivity index (χ0n) is 7.15. The maximum Gasteiger partial charge on any atom is 0.335 e. The Kier molecular flexibility index (Phi) is 2.46. The molecule has 1 aliphatic rings. The molecule has 0 radical (unpaired) electrons. The van der Waals surface area contributed by atoms with Gasteiger partial charge in [0.15, 0.2) is 5.54 Å². The molecule has 5 heteroatoms. The molecule has 1 atom stereocenters. The molecule has 1 unspecified atom stereocenters.